The number of hydrogen-bond acceptors (Lipinski definition) is 4. The third-order valence-corrected chi connectivity index (χ3v) is 2.40. The predicted molar refractivity (Wildman–Crippen MR) is 59.5 cm³/mol. The van der Waals surface area contributed by atoms with Crippen LogP contribution in [0.3, 0.4) is 0 Å². The molecule has 0 saturated carbocycles. The third kappa shape index (κ3) is 1.42. The van der Waals surface area contributed by atoms with E-state index in [1.165, 1.54) is 6.33 Å². The first-order valence-corrected chi connectivity index (χ1v) is 4.98. The Morgan fingerprint density at radius 2 is 2.12 bits per heavy atom. The van der Waals surface area contributed by atoms with Crippen molar-refractivity contribution in [3.8, 4) is 5.95 Å². The highest BCUT2D eigenvalue weighted by Crippen LogP contribution is 2.15. The average molecular weight is 232 g/mol. The SMILES string of the molecule is Clc1ccnc(-n2ccc3ncncc32)n1. The van der Waals surface area contributed by atoms with E-state index in [2.05, 4.69) is 19.9 Å². The minimum atomic E-state index is 0.406. The van der Waals surface area contributed by atoms with E-state index in [1.807, 2.05) is 12.3 Å². The van der Waals surface area contributed by atoms with Gasteiger partial charge in [-0.2, -0.15) is 0 Å². The number of aromatic nitrogens is 5. The van der Waals surface area contributed by atoms with Crippen molar-refractivity contribution < 1.29 is 0 Å². The van der Waals surface area contributed by atoms with Crippen molar-refractivity contribution in [2.45, 2.75) is 0 Å². The summed E-state index contributed by atoms with van der Waals surface area (Å²) in [6.45, 7) is 0. The van der Waals surface area contributed by atoms with E-state index in [9.17, 15) is 0 Å². The van der Waals surface area contributed by atoms with Gasteiger partial charge in [0.1, 0.15) is 11.5 Å². The maximum absolute atomic E-state index is 5.82. The predicted octanol–water partition coefficient (Wildman–Crippen LogP) is 1.86. The zero-order valence-electron chi connectivity index (χ0n) is 8.08. The summed E-state index contributed by atoms with van der Waals surface area (Å²) in [5, 5.41) is 0.406. The van der Waals surface area contributed by atoms with Gasteiger partial charge in [-0.3, -0.25) is 4.57 Å². The van der Waals surface area contributed by atoms with Crippen LogP contribution in [0, 0.1) is 0 Å². The Morgan fingerprint density at radius 3 is 3.00 bits per heavy atom. The molecule has 0 aromatic carbocycles. The number of rotatable bonds is 1. The Bertz CT molecular complexity index is 648. The van der Waals surface area contributed by atoms with Crippen molar-refractivity contribution in [1.29, 1.82) is 0 Å². The van der Waals surface area contributed by atoms with Crippen LogP contribution in [0.2, 0.25) is 5.15 Å². The van der Waals surface area contributed by atoms with Crippen LogP contribution >= 0.6 is 11.6 Å². The van der Waals surface area contributed by atoms with E-state index < -0.39 is 0 Å². The molecule has 0 radical (unpaired) electrons. The molecule has 0 aliphatic carbocycles. The minimum Gasteiger partial charge on any atom is -0.282 e. The van der Waals surface area contributed by atoms with Crippen LogP contribution < -0.4 is 0 Å². The Morgan fingerprint density at radius 1 is 1.19 bits per heavy atom. The van der Waals surface area contributed by atoms with Crippen molar-refractivity contribution in [2.24, 2.45) is 0 Å². The zero-order chi connectivity index (χ0) is 11.0. The lowest BCUT2D eigenvalue weighted by Crippen LogP contribution is -1.99. The molecule has 0 spiro atoms. The standard InChI is InChI=1S/C10H6ClN5/c11-9-1-3-13-10(15-9)16-4-2-7-8(16)5-12-6-14-7/h1-6H. The summed E-state index contributed by atoms with van der Waals surface area (Å²) in [5.74, 6) is 0.511. The van der Waals surface area contributed by atoms with Gasteiger partial charge in [0, 0.05) is 12.4 Å². The topological polar surface area (TPSA) is 56.5 Å². The summed E-state index contributed by atoms with van der Waals surface area (Å²) in [6, 6.07) is 3.51. The molecule has 0 N–H and O–H groups in total. The Labute approximate surface area is 95.8 Å². The zero-order valence-corrected chi connectivity index (χ0v) is 8.83. The average Bonchev–Trinajstić information content (AvgIpc) is 2.72. The second-order valence-corrected chi connectivity index (χ2v) is 3.55. The largest absolute Gasteiger partial charge is 0.282 e. The summed E-state index contributed by atoms with van der Waals surface area (Å²) in [5.41, 5.74) is 1.70. The van der Waals surface area contributed by atoms with Crippen LogP contribution in [0.15, 0.2) is 37.1 Å². The van der Waals surface area contributed by atoms with Gasteiger partial charge in [-0.25, -0.2) is 19.9 Å². The van der Waals surface area contributed by atoms with Gasteiger partial charge in [-0.05, 0) is 12.1 Å². The molecular weight excluding hydrogens is 226 g/mol. The molecule has 78 valence electrons. The van der Waals surface area contributed by atoms with E-state index in [1.54, 1.807) is 23.0 Å². The Balaban J connectivity index is 2.26. The second-order valence-electron chi connectivity index (χ2n) is 3.16. The van der Waals surface area contributed by atoms with Crippen LogP contribution in [0.1, 0.15) is 0 Å². The number of nitrogens with zero attached hydrogens (tertiary/aromatic N) is 5. The second kappa shape index (κ2) is 3.53. The highest BCUT2D eigenvalue weighted by atomic mass is 35.5. The Hall–Kier alpha value is -2.01. The highest BCUT2D eigenvalue weighted by Gasteiger charge is 2.06. The lowest BCUT2D eigenvalue weighted by atomic mass is 10.5. The van der Waals surface area contributed by atoms with Crippen molar-refractivity contribution in [1.82, 2.24) is 24.5 Å². The van der Waals surface area contributed by atoms with Crippen molar-refractivity contribution in [3.05, 3.63) is 42.2 Å². The van der Waals surface area contributed by atoms with Crippen molar-refractivity contribution in [2.75, 3.05) is 0 Å². The van der Waals surface area contributed by atoms with Gasteiger partial charge in [0.2, 0.25) is 5.95 Å². The number of hydrogen-bond donors (Lipinski definition) is 0. The van der Waals surface area contributed by atoms with Gasteiger partial charge in [-0.1, -0.05) is 11.6 Å². The molecule has 3 aromatic rings. The summed E-state index contributed by atoms with van der Waals surface area (Å²) >= 11 is 5.82. The van der Waals surface area contributed by atoms with E-state index in [0.717, 1.165) is 11.0 Å². The molecule has 0 unspecified atom stereocenters. The molecule has 16 heavy (non-hydrogen) atoms. The quantitative estimate of drug-likeness (QED) is 0.600. The molecular formula is C10H6ClN5. The van der Waals surface area contributed by atoms with Gasteiger partial charge in [-0.15, -0.1) is 0 Å². The fourth-order valence-electron chi connectivity index (χ4n) is 1.49. The molecule has 0 bridgehead atoms. The molecule has 6 heteroatoms. The van der Waals surface area contributed by atoms with Gasteiger partial charge < -0.3 is 0 Å². The lowest BCUT2D eigenvalue weighted by Gasteiger charge is -2.01. The smallest absolute Gasteiger partial charge is 0.235 e. The van der Waals surface area contributed by atoms with Crippen LogP contribution in [0.5, 0.6) is 0 Å². The van der Waals surface area contributed by atoms with Crippen LogP contribution in [0.4, 0.5) is 0 Å². The summed E-state index contributed by atoms with van der Waals surface area (Å²) < 4.78 is 1.79. The number of halogens is 1. The molecule has 0 atom stereocenters. The van der Waals surface area contributed by atoms with Crippen molar-refractivity contribution >= 4 is 22.6 Å². The van der Waals surface area contributed by atoms with Crippen LogP contribution in [-0.4, -0.2) is 24.5 Å². The monoisotopic (exact) mass is 231 g/mol. The maximum atomic E-state index is 5.82. The lowest BCUT2D eigenvalue weighted by molar-refractivity contribution is 0.958. The minimum absolute atomic E-state index is 0.406. The van der Waals surface area contributed by atoms with E-state index in [0.29, 0.717) is 11.1 Å². The maximum Gasteiger partial charge on any atom is 0.235 e. The van der Waals surface area contributed by atoms with Crippen molar-refractivity contribution in [3.63, 3.8) is 0 Å². The first-order valence-electron chi connectivity index (χ1n) is 4.60. The third-order valence-electron chi connectivity index (χ3n) is 2.19. The molecule has 0 amide bonds. The molecule has 3 heterocycles. The normalized spacial score (nSPS) is 10.8. The first kappa shape index (κ1) is 9.23. The molecule has 3 rings (SSSR count). The summed E-state index contributed by atoms with van der Waals surface area (Å²) in [4.78, 5) is 16.4. The number of fused-ring (bicyclic) bond motifs is 1. The first-order chi connectivity index (χ1) is 7.84. The van der Waals surface area contributed by atoms with Crippen LogP contribution in [0.25, 0.3) is 17.0 Å². The fraction of sp³-hybridized carbons (Fsp3) is 0. The molecule has 0 saturated heterocycles. The van der Waals surface area contributed by atoms with Gasteiger partial charge in [0.25, 0.3) is 0 Å². The van der Waals surface area contributed by atoms with E-state index >= 15 is 0 Å². The van der Waals surface area contributed by atoms with Gasteiger partial charge in [0.05, 0.1) is 17.2 Å². The molecule has 0 aliphatic rings. The van der Waals surface area contributed by atoms with E-state index in [-0.39, 0.29) is 0 Å². The Kier molecular flexibility index (Phi) is 2.04. The molecule has 0 fully saturated rings. The highest BCUT2D eigenvalue weighted by molar-refractivity contribution is 6.29. The summed E-state index contributed by atoms with van der Waals surface area (Å²) in [7, 11) is 0. The van der Waals surface area contributed by atoms with E-state index in [4.69, 9.17) is 11.6 Å². The molecule has 3 aromatic heterocycles. The fourth-order valence-corrected chi connectivity index (χ4v) is 1.62. The van der Waals surface area contributed by atoms with Gasteiger partial charge in [0.15, 0.2) is 0 Å². The summed E-state index contributed by atoms with van der Waals surface area (Å²) in [6.07, 6.45) is 6.67. The van der Waals surface area contributed by atoms with Crippen LogP contribution in [-0.2, 0) is 0 Å². The molecule has 5 nitrogen and oxygen atoms in total. The van der Waals surface area contributed by atoms with Gasteiger partial charge >= 0.3 is 0 Å². The molecule has 0 aliphatic heterocycles.